The fraction of sp³-hybridized carbons (Fsp3) is 0.444. The lowest BCUT2D eigenvalue weighted by atomic mass is 10.1. The second-order valence-electron chi connectivity index (χ2n) is 3.59. The third-order valence-electron chi connectivity index (χ3n) is 2.52. The first kappa shape index (κ1) is 11.9. The molecule has 0 aliphatic rings. The summed E-state index contributed by atoms with van der Waals surface area (Å²) in [7, 11) is 1.78. The van der Waals surface area contributed by atoms with Crippen molar-refractivity contribution in [1.82, 2.24) is 30.4 Å². The Labute approximate surface area is 103 Å². The van der Waals surface area contributed by atoms with Crippen LogP contribution in [0.4, 0.5) is 0 Å². The normalized spacial score (nSPS) is 10.8. The molecule has 2 heterocycles. The Kier molecular flexibility index (Phi) is 3.34. The van der Waals surface area contributed by atoms with Gasteiger partial charge in [0.1, 0.15) is 5.03 Å². The molecule has 0 aliphatic carbocycles. The van der Waals surface area contributed by atoms with E-state index in [1.54, 1.807) is 11.7 Å². The first-order valence-electron chi connectivity index (χ1n) is 5.06. The molecule has 2 aromatic rings. The molecule has 0 unspecified atom stereocenters. The van der Waals surface area contributed by atoms with Crippen molar-refractivity contribution in [2.75, 3.05) is 0 Å². The molecule has 0 spiro atoms. The van der Waals surface area contributed by atoms with Gasteiger partial charge in [0.05, 0.1) is 5.69 Å². The summed E-state index contributed by atoms with van der Waals surface area (Å²) >= 11 is 1.37. The van der Waals surface area contributed by atoms with Gasteiger partial charge in [0.15, 0.2) is 0 Å². The largest absolute Gasteiger partial charge is 0.326 e. The molecule has 0 amide bonds. The molecule has 17 heavy (non-hydrogen) atoms. The van der Waals surface area contributed by atoms with Crippen LogP contribution in [-0.4, -0.2) is 30.4 Å². The average molecular weight is 251 g/mol. The monoisotopic (exact) mass is 251 g/mol. The highest BCUT2D eigenvalue weighted by molar-refractivity contribution is 7.99. The minimum atomic E-state index is 0.426. The quantitative estimate of drug-likeness (QED) is 0.834. The summed E-state index contributed by atoms with van der Waals surface area (Å²) < 4.78 is 1.59. The second kappa shape index (κ2) is 4.76. The fourth-order valence-corrected chi connectivity index (χ4v) is 2.21. The van der Waals surface area contributed by atoms with Crippen LogP contribution < -0.4 is 5.73 Å². The van der Waals surface area contributed by atoms with Crippen LogP contribution in [0, 0.1) is 13.8 Å². The number of nitrogens with zero attached hydrogens (tertiary/aromatic N) is 6. The van der Waals surface area contributed by atoms with Crippen molar-refractivity contribution in [3.05, 3.63) is 16.8 Å². The van der Waals surface area contributed by atoms with Gasteiger partial charge in [-0.25, -0.2) is 4.68 Å². The second-order valence-corrected chi connectivity index (χ2v) is 4.54. The van der Waals surface area contributed by atoms with Crippen LogP contribution in [0.1, 0.15) is 16.8 Å². The van der Waals surface area contributed by atoms with Gasteiger partial charge in [0.2, 0.25) is 5.16 Å². The van der Waals surface area contributed by atoms with E-state index in [2.05, 4.69) is 25.7 Å². The number of tetrazole rings is 1. The van der Waals surface area contributed by atoms with Crippen molar-refractivity contribution in [3.8, 4) is 0 Å². The van der Waals surface area contributed by atoms with Gasteiger partial charge in [-0.3, -0.25) is 0 Å². The molecular weight excluding hydrogens is 238 g/mol. The molecule has 0 aliphatic heterocycles. The fourth-order valence-electron chi connectivity index (χ4n) is 1.35. The number of rotatable bonds is 3. The lowest BCUT2D eigenvalue weighted by Gasteiger charge is -2.09. The van der Waals surface area contributed by atoms with Gasteiger partial charge in [-0.1, -0.05) is 0 Å². The Morgan fingerprint density at radius 3 is 2.59 bits per heavy atom. The number of aromatic nitrogens is 6. The standard InChI is InChI=1S/C9H13N7S/c1-5-6(2)11-12-8(7(5)4-10)17-9-13-14-15-16(9)3/h4,10H2,1-3H3. The Balaban J connectivity index is 2.40. The molecule has 0 fully saturated rings. The van der Waals surface area contributed by atoms with Crippen molar-refractivity contribution in [2.24, 2.45) is 12.8 Å². The van der Waals surface area contributed by atoms with E-state index in [9.17, 15) is 0 Å². The number of nitrogens with two attached hydrogens (primary N) is 1. The topological polar surface area (TPSA) is 95.4 Å². The SMILES string of the molecule is Cc1nnc(Sc2nnnn2C)c(CN)c1C. The van der Waals surface area contributed by atoms with Crippen LogP contribution in [0.15, 0.2) is 10.2 Å². The van der Waals surface area contributed by atoms with Crippen LogP contribution in [0.2, 0.25) is 0 Å². The molecule has 0 aromatic carbocycles. The Hall–Kier alpha value is -1.54. The Morgan fingerprint density at radius 2 is 2.00 bits per heavy atom. The Morgan fingerprint density at radius 1 is 1.24 bits per heavy atom. The maximum atomic E-state index is 5.75. The predicted octanol–water partition coefficient (Wildman–Crippen LogP) is 0.227. The van der Waals surface area contributed by atoms with E-state index in [1.807, 2.05) is 13.8 Å². The van der Waals surface area contributed by atoms with Crippen LogP contribution in [0.25, 0.3) is 0 Å². The maximum Gasteiger partial charge on any atom is 0.215 e. The molecule has 8 heteroatoms. The highest BCUT2D eigenvalue weighted by Crippen LogP contribution is 2.27. The van der Waals surface area contributed by atoms with Gasteiger partial charge in [-0.15, -0.1) is 10.2 Å². The summed E-state index contributed by atoms with van der Waals surface area (Å²) in [4.78, 5) is 0. The summed E-state index contributed by atoms with van der Waals surface area (Å²) in [6.07, 6.45) is 0. The number of aryl methyl sites for hydroxylation is 2. The van der Waals surface area contributed by atoms with E-state index in [1.165, 1.54) is 11.8 Å². The zero-order valence-corrected chi connectivity index (χ0v) is 10.7. The number of hydrogen-bond donors (Lipinski definition) is 1. The maximum absolute atomic E-state index is 5.75. The molecule has 0 saturated heterocycles. The molecule has 0 atom stereocenters. The third kappa shape index (κ3) is 2.27. The summed E-state index contributed by atoms with van der Waals surface area (Å²) in [5.74, 6) is 0. The van der Waals surface area contributed by atoms with Gasteiger partial charge >= 0.3 is 0 Å². The summed E-state index contributed by atoms with van der Waals surface area (Å²) in [5, 5.41) is 20.9. The van der Waals surface area contributed by atoms with Crippen LogP contribution in [0.3, 0.4) is 0 Å². The molecule has 0 radical (unpaired) electrons. The highest BCUT2D eigenvalue weighted by atomic mass is 32.2. The van der Waals surface area contributed by atoms with Crippen LogP contribution >= 0.6 is 11.8 Å². The first-order valence-corrected chi connectivity index (χ1v) is 5.88. The van der Waals surface area contributed by atoms with E-state index >= 15 is 0 Å². The lowest BCUT2D eigenvalue weighted by molar-refractivity contribution is 0.663. The van der Waals surface area contributed by atoms with Crippen molar-refractivity contribution >= 4 is 11.8 Å². The Bertz CT molecular complexity index is 536. The molecule has 0 saturated carbocycles. The molecule has 7 nitrogen and oxygen atoms in total. The van der Waals surface area contributed by atoms with E-state index in [0.29, 0.717) is 11.7 Å². The molecule has 2 rings (SSSR count). The molecule has 2 N–H and O–H groups in total. The lowest BCUT2D eigenvalue weighted by Crippen LogP contribution is -2.07. The zero-order chi connectivity index (χ0) is 12.4. The van der Waals surface area contributed by atoms with Gasteiger partial charge in [0.25, 0.3) is 0 Å². The van der Waals surface area contributed by atoms with E-state index in [0.717, 1.165) is 21.8 Å². The van der Waals surface area contributed by atoms with Gasteiger partial charge < -0.3 is 5.73 Å². The van der Waals surface area contributed by atoms with Crippen molar-refractivity contribution in [1.29, 1.82) is 0 Å². The highest BCUT2D eigenvalue weighted by Gasteiger charge is 2.14. The van der Waals surface area contributed by atoms with Gasteiger partial charge in [-0.2, -0.15) is 5.10 Å². The van der Waals surface area contributed by atoms with Crippen molar-refractivity contribution in [3.63, 3.8) is 0 Å². The minimum Gasteiger partial charge on any atom is -0.326 e. The van der Waals surface area contributed by atoms with Gasteiger partial charge in [0, 0.05) is 19.2 Å². The number of hydrogen-bond acceptors (Lipinski definition) is 7. The molecular formula is C9H13N7S. The van der Waals surface area contributed by atoms with Crippen LogP contribution in [0.5, 0.6) is 0 Å². The zero-order valence-electron chi connectivity index (χ0n) is 9.88. The van der Waals surface area contributed by atoms with E-state index in [4.69, 9.17) is 5.73 Å². The van der Waals surface area contributed by atoms with Crippen molar-refractivity contribution < 1.29 is 0 Å². The summed E-state index contributed by atoms with van der Waals surface area (Å²) in [6.45, 7) is 4.33. The van der Waals surface area contributed by atoms with Crippen LogP contribution in [-0.2, 0) is 13.6 Å². The predicted molar refractivity (Wildman–Crippen MR) is 62.3 cm³/mol. The first-order chi connectivity index (χ1) is 8.13. The van der Waals surface area contributed by atoms with E-state index < -0.39 is 0 Å². The molecule has 2 aromatic heterocycles. The molecule has 0 bridgehead atoms. The summed E-state index contributed by atoms with van der Waals surface area (Å²) in [6, 6.07) is 0. The minimum absolute atomic E-state index is 0.426. The van der Waals surface area contributed by atoms with E-state index in [-0.39, 0.29) is 0 Å². The van der Waals surface area contributed by atoms with Crippen molar-refractivity contribution in [2.45, 2.75) is 30.6 Å². The molecule has 90 valence electrons. The smallest absolute Gasteiger partial charge is 0.215 e. The summed E-state index contributed by atoms with van der Waals surface area (Å²) in [5.41, 5.74) is 8.70. The van der Waals surface area contributed by atoms with Gasteiger partial charge in [-0.05, 0) is 41.6 Å². The third-order valence-corrected chi connectivity index (χ3v) is 3.57. The average Bonchev–Trinajstić information content (AvgIpc) is 2.70.